The van der Waals surface area contributed by atoms with E-state index < -0.39 is 64.2 Å². The van der Waals surface area contributed by atoms with E-state index in [2.05, 4.69) is 10.0 Å². The summed E-state index contributed by atoms with van der Waals surface area (Å²) in [7, 11) is -4.84. The van der Waals surface area contributed by atoms with Crippen LogP contribution in [0.3, 0.4) is 0 Å². The number of amides is 2. The Bertz CT molecular complexity index is 887. The van der Waals surface area contributed by atoms with Gasteiger partial charge in [-0.3, -0.25) is 4.79 Å². The number of nitrogens with one attached hydrogen (secondary N) is 3. The number of ether oxygens (including phenoxy) is 2. The SMILES string of the molecule is CCOC(=O)C(CCCCB1OC(C)(C)C(C)(C)O1)(CNS(=O)(=O)NC(=O)OC(C)(C)C)NC(C)=O. The Kier molecular flexibility index (Phi) is 10.8. The molecule has 1 fully saturated rings. The molecule has 0 bridgehead atoms. The van der Waals surface area contributed by atoms with Crippen molar-refractivity contribution in [2.75, 3.05) is 13.2 Å². The van der Waals surface area contributed by atoms with Crippen molar-refractivity contribution in [1.29, 1.82) is 0 Å². The van der Waals surface area contributed by atoms with Crippen LogP contribution in [0.1, 0.15) is 81.6 Å². The number of carbonyl (C=O) groups excluding carboxylic acids is 3. The lowest BCUT2D eigenvalue weighted by Gasteiger charge is -2.32. The van der Waals surface area contributed by atoms with Crippen LogP contribution < -0.4 is 14.8 Å². The number of hydrogen-bond acceptors (Lipinski definition) is 9. The van der Waals surface area contributed by atoms with Gasteiger partial charge in [0.2, 0.25) is 5.91 Å². The average molecular weight is 535 g/mol. The van der Waals surface area contributed by atoms with Gasteiger partial charge in [-0.25, -0.2) is 14.3 Å². The molecule has 14 heteroatoms. The van der Waals surface area contributed by atoms with E-state index in [1.54, 1.807) is 32.4 Å². The Balaban J connectivity index is 2.92. The highest BCUT2D eigenvalue weighted by molar-refractivity contribution is 7.88. The van der Waals surface area contributed by atoms with Crippen molar-refractivity contribution in [3.8, 4) is 0 Å². The third-order valence-electron chi connectivity index (χ3n) is 5.86. The third kappa shape index (κ3) is 9.87. The molecule has 1 aliphatic heterocycles. The Morgan fingerprint density at radius 3 is 2.03 bits per heavy atom. The van der Waals surface area contributed by atoms with Gasteiger partial charge in [-0.1, -0.05) is 12.8 Å². The van der Waals surface area contributed by atoms with Crippen LogP contribution in [-0.4, -0.2) is 69.0 Å². The molecule has 3 N–H and O–H groups in total. The molecule has 0 aromatic rings. The molecule has 1 unspecified atom stereocenters. The van der Waals surface area contributed by atoms with Crippen molar-refractivity contribution in [1.82, 2.24) is 14.8 Å². The quantitative estimate of drug-likeness (QED) is 0.193. The van der Waals surface area contributed by atoms with Crippen molar-refractivity contribution in [2.24, 2.45) is 0 Å². The van der Waals surface area contributed by atoms with Crippen molar-refractivity contribution in [3.05, 3.63) is 0 Å². The fourth-order valence-electron chi connectivity index (χ4n) is 3.51. The van der Waals surface area contributed by atoms with Crippen molar-refractivity contribution < 1.29 is 41.6 Å². The molecular formula is C22H42BN3O9S. The lowest BCUT2D eigenvalue weighted by atomic mass is 9.80. The Hall–Kier alpha value is -1.90. The van der Waals surface area contributed by atoms with Crippen LogP contribution in [0.4, 0.5) is 4.79 Å². The summed E-state index contributed by atoms with van der Waals surface area (Å²) in [6.07, 6.45) is 0.418. The second-order valence-corrected chi connectivity index (χ2v) is 12.3. The molecule has 1 aliphatic rings. The minimum Gasteiger partial charge on any atom is -0.464 e. The van der Waals surface area contributed by atoms with Gasteiger partial charge in [-0.05, 0) is 68.1 Å². The van der Waals surface area contributed by atoms with Crippen LogP contribution in [0.5, 0.6) is 0 Å². The summed E-state index contributed by atoms with van der Waals surface area (Å²) in [5.74, 6) is -1.34. The normalized spacial score (nSPS) is 18.8. The molecule has 36 heavy (non-hydrogen) atoms. The summed E-state index contributed by atoms with van der Waals surface area (Å²) in [5, 5.41) is 2.55. The summed E-state index contributed by atoms with van der Waals surface area (Å²) < 4.78 is 50.9. The first-order chi connectivity index (χ1) is 16.2. The van der Waals surface area contributed by atoms with Crippen LogP contribution in [0.2, 0.25) is 6.32 Å². The molecule has 0 aliphatic carbocycles. The van der Waals surface area contributed by atoms with Gasteiger partial charge in [-0.2, -0.15) is 13.1 Å². The second kappa shape index (κ2) is 12.1. The lowest BCUT2D eigenvalue weighted by Crippen LogP contribution is -2.62. The molecule has 0 aromatic carbocycles. The molecule has 1 saturated heterocycles. The van der Waals surface area contributed by atoms with Gasteiger partial charge in [0.15, 0.2) is 5.54 Å². The van der Waals surface area contributed by atoms with Crippen LogP contribution in [0.25, 0.3) is 0 Å². The van der Waals surface area contributed by atoms with E-state index in [9.17, 15) is 22.8 Å². The number of hydrogen-bond donors (Lipinski definition) is 3. The number of rotatable bonds is 12. The van der Waals surface area contributed by atoms with Gasteiger partial charge < -0.3 is 24.1 Å². The Morgan fingerprint density at radius 2 is 1.56 bits per heavy atom. The number of carbonyl (C=O) groups is 3. The maximum Gasteiger partial charge on any atom is 0.457 e. The fraction of sp³-hybridized carbons (Fsp3) is 0.864. The topological polar surface area (TPSA) is 158 Å². The van der Waals surface area contributed by atoms with Crippen LogP contribution in [0.15, 0.2) is 0 Å². The molecule has 1 atom stereocenters. The van der Waals surface area contributed by atoms with Crippen LogP contribution in [0, 0.1) is 0 Å². The fourth-order valence-corrected chi connectivity index (χ4v) is 4.28. The lowest BCUT2D eigenvalue weighted by molar-refractivity contribution is -0.153. The molecule has 0 saturated carbocycles. The molecular weight excluding hydrogens is 493 g/mol. The van der Waals surface area contributed by atoms with Gasteiger partial charge in [0.25, 0.3) is 0 Å². The molecule has 1 rings (SSSR count). The largest absolute Gasteiger partial charge is 0.464 e. The smallest absolute Gasteiger partial charge is 0.457 e. The zero-order valence-electron chi connectivity index (χ0n) is 22.9. The minimum absolute atomic E-state index is 0.0248. The van der Waals surface area contributed by atoms with Crippen molar-refractivity contribution in [3.63, 3.8) is 0 Å². The van der Waals surface area contributed by atoms with E-state index in [0.29, 0.717) is 19.2 Å². The molecule has 12 nitrogen and oxygen atoms in total. The third-order valence-corrected chi connectivity index (χ3v) is 6.82. The number of unbranched alkanes of at least 4 members (excludes halogenated alkanes) is 1. The molecule has 1 heterocycles. The molecule has 208 valence electrons. The van der Waals surface area contributed by atoms with E-state index in [4.69, 9.17) is 18.8 Å². The highest BCUT2D eigenvalue weighted by atomic mass is 32.2. The van der Waals surface area contributed by atoms with Crippen molar-refractivity contribution in [2.45, 2.75) is 110 Å². The molecule has 0 spiro atoms. The van der Waals surface area contributed by atoms with E-state index in [1.807, 2.05) is 27.7 Å². The zero-order chi connectivity index (χ0) is 28.0. The van der Waals surface area contributed by atoms with Crippen LogP contribution in [-0.2, 0) is 38.6 Å². The summed E-state index contributed by atoms with van der Waals surface area (Å²) in [6.45, 7) is 14.8. The van der Waals surface area contributed by atoms with E-state index in [-0.39, 0.29) is 13.0 Å². The predicted molar refractivity (Wildman–Crippen MR) is 134 cm³/mol. The van der Waals surface area contributed by atoms with Crippen LogP contribution >= 0.6 is 0 Å². The molecule has 2 amide bonds. The number of esters is 1. The Labute approximate surface area is 215 Å². The van der Waals surface area contributed by atoms with Gasteiger partial charge in [0.05, 0.1) is 17.8 Å². The summed E-state index contributed by atoms with van der Waals surface area (Å²) >= 11 is 0. The highest BCUT2D eigenvalue weighted by Gasteiger charge is 2.50. The monoisotopic (exact) mass is 535 g/mol. The average Bonchev–Trinajstić information content (AvgIpc) is 2.87. The van der Waals surface area contributed by atoms with Gasteiger partial charge in [-0.15, -0.1) is 0 Å². The van der Waals surface area contributed by atoms with E-state index in [1.165, 1.54) is 6.92 Å². The zero-order valence-corrected chi connectivity index (χ0v) is 23.7. The first-order valence-electron chi connectivity index (χ1n) is 12.1. The Morgan fingerprint density at radius 1 is 1.00 bits per heavy atom. The summed E-state index contributed by atoms with van der Waals surface area (Å²) in [4.78, 5) is 36.8. The first kappa shape index (κ1) is 32.1. The van der Waals surface area contributed by atoms with Crippen molar-refractivity contribution >= 4 is 35.3 Å². The maximum absolute atomic E-state index is 12.9. The molecule has 0 radical (unpaired) electrons. The second-order valence-electron chi connectivity index (χ2n) is 10.8. The first-order valence-corrected chi connectivity index (χ1v) is 13.5. The van der Waals surface area contributed by atoms with E-state index in [0.717, 1.165) is 0 Å². The molecule has 0 aromatic heterocycles. The summed E-state index contributed by atoms with van der Waals surface area (Å²) in [5.41, 5.74) is -3.55. The van der Waals surface area contributed by atoms with E-state index >= 15 is 0 Å². The summed E-state index contributed by atoms with van der Waals surface area (Å²) in [6, 6.07) is 0. The highest BCUT2D eigenvalue weighted by Crippen LogP contribution is 2.38. The standard InChI is InChI=1S/C22H42BN3O9S/c1-10-32-17(28)22(25-16(2)27,15-24-36(30,31)26-18(29)33-19(3,4)5)13-11-12-14-23-34-20(6,7)21(8,9)35-23/h24H,10-15H2,1-9H3,(H,25,27)(H,26,29). The maximum atomic E-state index is 12.9. The van der Waals surface area contributed by atoms with Gasteiger partial charge in [0, 0.05) is 13.5 Å². The predicted octanol–water partition coefficient (Wildman–Crippen LogP) is 2.05. The van der Waals surface area contributed by atoms with Gasteiger partial charge >= 0.3 is 29.4 Å². The minimum atomic E-state index is -4.41. The van der Waals surface area contributed by atoms with Gasteiger partial charge in [0.1, 0.15) is 5.60 Å².